The van der Waals surface area contributed by atoms with Crippen LogP contribution in [0.15, 0.2) is 107 Å². The Balaban J connectivity index is 1.85. The molecule has 136 valence electrons. The minimum absolute atomic E-state index is 0.494. The van der Waals surface area contributed by atoms with E-state index in [9.17, 15) is 0 Å². The van der Waals surface area contributed by atoms with Gasteiger partial charge in [-0.1, -0.05) is 36.4 Å². The van der Waals surface area contributed by atoms with E-state index in [4.69, 9.17) is 9.47 Å². The van der Waals surface area contributed by atoms with Crippen molar-refractivity contribution < 1.29 is 9.47 Å². The van der Waals surface area contributed by atoms with Crippen molar-refractivity contribution in [2.75, 3.05) is 6.26 Å². The molecule has 3 aromatic rings. The van der Waals surface area contributed by atoms with Gasteiger partial charge in [0.1, 0.15) is 11.5 Å². The van der Waals surface area contributed by atoms with Crippen LogP contribution >= 0.6 is 11.8 Å². The summed E-state index contributed by atoms with van der Waals surface area (Å²) in [6, 6.07) is 27.3. The lowest BCUT2D eigenvalue weighted by Gasteiger charge is -2.10. The fourth-order valence-corrected chi connectivity index (χ4v) is 2.68. The van der Waals surface area contributed by atoms with Crippen LogP contribution in [0.1, 0.15) is 6.92 Å². The van der Waals surface area contributed by atoms with Crippen LogP contribution in [0.25, 0.3) is 0 Å². The second kappa shape index (κ2) is 9.64. The summed E-state index contributed by atoms with van der Waals surface area (Å²) in [4.78, 5) is 5.83. The molecule has 0 aromatic heterocycles. The number of benzene rings is 3. The molecule has 27 heavy (non-hydrogen) atoms. The molecule has 0 amide bonds. The first-order chi connectivity index (χ1) is 13.2. The molecule has 4 heteroatoms. The van der Waals surface area contributed by atoms with Crippen molar-refractivity contribution in [3.05, 3.63) is 96.8 Å². The Bertz CT molecular complexity index is 904. The van der Waals surface area contributed by atoms with E-state index in [0.29, 0.717) is 5.90 Å². The first kappa shape index (κ1) is 18.8. The molecular formula is C23H21NO2S. The van der Waals surface area contributed by atoms with Gasteiger partial charge in [0.15, 0.2) is 0 Å². The molecule has 0 aliphatic heterocycles. The Morgan fingerprint density at radius 2 is 1.44 bits per heavy atom. The standard InChI is InChI=1S/C23H21NO2S/c1-18(17-25-20-11-7-4-8-12-20)23(24-19-9-5-3-6-10-19)26-21-13-15-22(27-2)16-14-21/h3-17H,1-2H3/b18-17+,24-23-. The highest BCUT2D eigenvalue weighted by atomic mass is 32.2. The Morgan fingerprint density at radius 1 is 0.815 bits per heavy atom. The summed E-state index contributed by atoms with van der Waals surface area (Å²) >= 11 is 1.69. The minimum Gasteiger partial charge on any atom is -0.465 e. The van der Waals surface area contributed by atoms with Crippen LogP contribution in [0.5, 0.6) is 11.5 Å². The zero-order valence-electron chi connectivity index (χ0n) is 15.3. The topological polar surface area (TPSA) is 30.8 Å². The van der Waals surface area contributed by atoms with Crippen LogP contribution in [0, 0.1) is 0 Å². The monoisotopic (exact) mass is 375 g/mol. The van der Waals surface area contributed by atoms with Crippen LogP contribution in [0.3, 0.4) is 0 Å². The number of ether oxygens (including phenoxy) is 2. The number of nitrogens with zero attached hydrogens (tertiary/aromatic N) is 1. The number of thioether (sulfide) groups is 1. The molecule has 0 N–H and O–H groups in total. The normalized spacial score (nSPS) is 11.9. The lowest BCUT2D eigenvalue weighted by molar-refractivity contribution is 0.473. The maximum absolute atomic E-state index is 6.06. The summed E-state index contributed by atoms with van der Waals surface area (Å²) in [5.74, 6) is 1.99. The summed E-state index contributed by atoms with van der Waals surface area (Å²) in [5, 5.41) is 0. The number of rotatable bonds is 6. The zero-order chi connectivity index (χ0) is 18.9. The Morgan fingerprint density at radius 3 is 2.07 bits per heavy atom. The van der Waals surface area contributed by atoms with Gasteiger partial charge in [0.25, 0.3) is 0 Å². The number of aliphatic imine (C=N–C) groups is 1. The van der Waals surface area contributed by atoms with Gasteiger partial charge in [0, 0.05) is 10.5 Å². The Kier molecular flexibility index (Phi) is 6.72. The molecule has 0 heterocycles. The highest BCUT2D eigenvalue weighted by Gasteiger charge is 2.08. The average Bonchev–Trinajstić information content (AvgIpc) is 2.73. The van der Waals surface area contributed by atoms with Crippen molar-refractivity contribution in [1.29, 1.82) is 0 Å². The highest BCUT2D eigenvalue weighted by Crippen LogP contribution is 2.21. The molecule has 3 aromatic carbocycles. The van der Waals surface area contributed by atoms with Crippen LogP contribution in [0.4, 0.5) is 5.69 Å². The molecule has 0 saturated heterocycles. The van der Waals surface area contributed by atoms with Gasteiger partial charge in [-0.2, -0.15) is 0 Å². The molecule has 0 aliphatic carbocycles. The number of para-hydroxylation sites is 2. The van der Waals surface area contributed by atoms with Crippen LogP contribution in [0.2, 0.25) is 0 Å². The van der Waals surface area contributed by atoms with Crippen LogP contribution < -0.4 is 9.47 Å². The predicted molar refractivity (Wildman–Crippen MR) is 113 cm³/mol. The molecule has 0 radical (unpaired) electrons. The van der Waals surface area contributed by atoms with E-state index >= 15 is 0 Å². The summed E-state index contributed by atoms with van der Waals surface area (Å²) in [6.07, 6.45) is 3.71. The van der Waals surface area contributed by atoms with Gasteiger partial charge in [0.05, 0.1) is 11.9 Å². The maximum atomic E-state index is 6.06. The van der Waals surface area contributed by atoms with E-state index in [1.807, 2.05) is 98.1 Å². The molecule has 3 nitrogen and oxygen atoms in total. The summed E-state index contributed by atoms with van der Waals surface area (Å²) < 4.78 is 11.8. The van der Waals surface area contributed by atoms with Gasteiger partial charge in [-0.05, 0) is 61.7 Å². The van der Waals surface area contributed by atoms with Gasteiger partial charge in [-0.25, -0.2) is 4.99 Å². The van der Waals surface area contributed by atoms with Gasteiger partial charge in [-0.15, -0.1) is 11.8 Å². The van der Waals surface area contributed by atoms with E-state index in [2.05, 4.69) is 4.99 Å². The van der Waals surface area contributed by atoms with Crippen molar-refractivity contribution in [2.45, 2.75) is 11.8 Å². The molecule has 0 fully saturated rings. The number of hydrogen-bond donors (Lipinski definition) is 0. The minimum atomic E-state index is 0.494. The molecule has 3 rings (SSSR count). The largest absolute Gasteiger partial charge is 0.465 e. The van der Waals surface area contributed by atoms with E-state index in [1.54, 1.807) is 18.0 Å². The third-order valence-electron chi connectivity index (χ3n) is 3.71. The first-order valence-corrected chi connectivity index (χ1v) is 9.81. The molecule has 0 saturated carbocycles. The van der Waals surface area contributed by atoms with E-state index < -0.39 is 0 Å². The summed E-state index contributed by atoms with van der Waals surface area (Å²) in [7, 11) is 0. The highest BCUT2D eigenvalue weighted by molar-refractivity contribution is 7.98. The third kappa shape index (κ3) is 5.76. The lowest BCUT2D eigenvalue weighted by atomic mass is 10.3. The lowest BCUT2D eigenvalue weighted by Crippen LogP contribution is -2.10. The quantitative estimate of drug-likeness (QED) is 0.213. The van der Waals surface area contributed by atoms with Gasteiger partial charge >= 0.3 is 0 Å². The second-order valence-electron chi connectivity index (χ2n) is 5.76. The molecule has 0 aliphatic rings. The van der Waals surface area contributed by atoms with Crippen molar-refractivity contribution in [3.8, 4) is 11.5 Å². The first-order valence-electron chi connectivity index (χ1n) is 8.59. The SMILES string of the molecule is CSc1ccc(OC(=N\c2ccccc2)/C(C)=C/Oc2ccccc2)cc1. The fourth-order valence-electron chi connectivity index (χ4n) is 2.27. The number of hydrogen-bond acceptors (Lipinski definition) is 4. The van der Waals surface area contributed by atoms with Gasteiger partial charge < -0.3 is 9.47 Å². The van der Waals surface area contributed by atoms with Crippen molar-refractivity contribution in [3.63, 3.8) is 0 Å². The average molecular weight is 375 g/mol. The summed E-state index contributed by atoms with van der Waals surface area (Å²) in [5.41, 5.74) is 1.61. The molecular weight excluding hydrogens is 354 g/mol. The van der Waals surface area contributed by atoms with Crippen molar-refractivity contribution in [1.82, 2.24) is 0 Å². The Labute approximate surface area is 164 Å². The zero-order valence-corrected chi connectivity index (χ0v) is 16.1. The van der Waals surface area contributed by atoms with Crippen molar-refractivity contribution in [2.24, 2.45) is 4.99 Å². The van der Waals surface area contributed by atoms with E-state index in [0.717, 1.165) is 22.8 Å². The molecule has 0 atom stereocenters. The smallest absolute Gasteiger partial charge is 0.225 e. The predicted octanol–water partition coefficient (Wildman–Crippen LogP) is 6.50. The molecule has 0 spiro atoms. The Hall–Kier alpha value is -2.98. The van der Waals surface area contributed by atoms with Gasteiger partial charge in [0.2, 0.25) is 5.90 Å². The molecule has 0 unspecified atom stereocenters. The second-order valence-corrected chi connectivity index (χ2v) is 6.64. The van der Waals surface area contributed by atoms with E-state index in [1.165, 1.54) is 4.90 Å². The van der Waals surface area contributed by atoms with E-state index in [-0.39, 0.29) is 0 Å². The third-order valence-corrected chi connectivity index (χ3v) is 4.46. The summed E-state index contributed by atoms with van der Waals surface area (Å²) in [6.45, 7) is 1.92. The maximum Gasteiger partial charge on any atom is 0.225 e. The van der Waals surface area contributed by atoms with Crippen LogP contribution in [-0.2, 0) is 0 Å². The van der Waals surface area contributed by atoms with Gasteiger partial charge in [-0.3, -0.25) is 0 Å². The fraction of sp³-hybridized carbons (Fsp3) is 0.0870. The van der Waals surface area contributed by atoms with Crippen LogP contribution in [-0.4, -0.2) is 12.2 Å². The van der Waals surface area contributed by atoms with Crippen molar-refractivity contribution >= 4 is 23.3 Å². The molecule has 0 bridgehead atoms.